The van der Waals surface area contributed by atoms with Crippen molar-refractivity contribution in [3.8, 4) is 0 Å². The van der Waals surface area contributed by atoms with Crippen LogP contribution in [-0.2, 0) is 0 Å². The first-order valence-electron chi connectivity index (χ1n) is 5.73. The molecule has 0 bridgehead atoms. The smallest absolute Gasteiger partial charge is 0.271 e. The largest absolute Gasteiger partial charge is 0.332 e. The van der Waals surface area contributed by atoms with Gasteiger partial charge in [0.25, 0.3) is 5.69 Å². The molecule has 0 spiro atoms. The number of nitro groups is 1. The monoisotopic (exact) mass is 341 g/mol. The van der Waals surface area contributed by atoms with Gasteiger partial charge in [0.2, 0.25) is 0 Å². The molecule has 0 aliphatic carbocycles. The summed E-state index contributed by atoms with van der Waals surface area (Å²) in [6.07, 6.45) is 0. The molecule has 0 saturated heterocycles. The molecule has 0 radical (unpaired) electrons. The first kappa shape index (κ1) is 15.5. The molecule has 0 aliphatic rings. The molecule has 5 nitrogen and oxygen atoms in total. The third kappa shape index (κ3) is 4.29. The molecular weight excluding hydrogens is 333 g/mol. The number of rotatable bonds is 3. The zero-order valence-corrected chi connectivity index (χ0v) is 12.8. The second-order valence-corrected chi connectivity index (χ2v) is 5.24. The molecule has 2 aromatic carbocycles. The molecule has 2 aromatic rings. The minimum atomic E-state index is -0.472. The Hall–Kier alpha value is -1.89. The van der Waals surface area contributed by atoms with E-state index in [0.717, 1.165) is 0 Å². The van der Waals surface area contributed by atoms with E-state index < -0.39 is 4.92 Å². The molecule has 2 N–H and O–H groups in total. The molecule has 2 rings (SSSR count). The summed E-state index contributed by atoms with van der Waals surface area (Å²) in [6, 6.07) is 11.0. The van der Waals surface area contributed by atoms with E-state index in [9.17, 15) is 10.1 Å². The van der Waals surface area contributed by atoms with Crippen molar-refractivity contribution in [2.45, 2.75) is 0 Å². The first-order valence-corrected chi connectivity index (χ1v) is 6.89. The number of nitrogens with zero attached hydrogens (tertiary/aromatic N) is 1. The maximum absolute atomic E-state index is 10.7. The van der Waals surface area contributed by atoms with Crippen molar-refractivity contribution < 1.29 is 4.92 Å². The average Bonchev–Trinajstić information content (AvgIpc) is 2.43. The van der Waals surface area contributed by atoms with Gasteiger partial charge >= 0.3 is 0 Å². The Morgan fingerprint density at radius 3 is 2.33 bits per heavy atom. The molecule has 0 fully saturated rings. The highest BCUT2D eigenvalue weighted by atomic mass is 35.5. The second-order valence-electron chi connectivity index (χ2n) is 4.02. The van der Waals surface area contributed by atoms with Crippen molar-refractivity contribution in [2.75, 3.05) is 10.6 Å². The highest BCUT2D eigenvalue weighted by Crippen LogP contribution is 2.25. The quantitative estimate of drug-likeness (QED) is 0.480. The summed E-state index contributed by atoms with van der Waals surface area (Å²) in [5, 5.41) is 17.6. The molecule has 0 amide bonds. The molecule has 21 heavy (non-hydrogen) atoms. The van der Waals surface area contributed by atoms with Gasteiger partial charge in [-0.15, -0.1) is 0 Å². The van der Waals surface area contributed by atoms with Crippen molar-refractivity contribution in [1.29, 1.82) is 0 Å². The van der Waals surface area contributed by atoms with Gasteiger partial charge in [0, 0.05) is 23.5 Å². The molecule has 0 atom stereocenters. The Labute approximate surface area is 136 Å². The van der Waals surface area contributed by atoms with Crippen LogP contribution >= 0.6 is 35.4 Å². The van der Waals surface area contributed by atoms with Gasteiger partial charge in [-0.1, -0.05) is 29.3 Å². The molecule has 0 unspecified atom stereocenters. The van der Waals surface area contributed by atoms with Crippen LogP contribution in [0.4, 0.5) is 17.1 Å². The zero-order valence-electron chi connectivity index (χ0n) is 10.5. The Morgan fingerprint density at radius 2 is 1.71 bits per heavy atom. The molecule has 0 aromatic heterocycles. The number of halogens is 2. The normalized spacial score (nSPS) is 10.0. The van der Waals surface area contributed by atoms with Gasteiger partial charge in [-0.2, -0.15) is 0 Å². The van der Waals surface area contributed by atoms with Crippen molar-refractivity contribution in [1.82, 2.24) is 0 Å². The van der Waals surface area contributed by atoms with Crippen molar-refractivity contribution in [3.05, 3.63) is 62.6 Å². The van der Waals surface area contributed by atoms with E-state index in [0.29, 0.717) is 21.4 Å². The van der Waals surface area contributed by atoms with Gasteiger partial charge < -0.3 is 10.6 Å². The lowest BCUT2D eigenvalue weighted by atomic mass is 10.3. The Kier molecular flexibility index (Phi) is 4.95. The van der Waals surface area contributed by atoms with Crippen LogP contribution in [0.15, 0.2) is 42.5 Å². The number of hydrogen-bond donors (Lipinski definition) is 2. The molecule has 8 heteroatoms. The fourth-order valence-electron chi connectivity index (χ4n) is 1.56. The van der Waals surface area contributed by atoms with Crippen LogP contribution in [0.25, 0.3) is 0 Å². The SMILES string of the molecule is O=[N+]([O-])c1cccc(NC(=S)Nc2ccc(Cl)c(Cl)c2)c1. The predicted octanol–water partition coefficient (Wildman–Crippen LogP) is 4.71. The van der Waals surface area contributed by atoms with Gasteiger partial charge in [0.1, 0.15) is 0 Å². The number of nitrogens with one attached hydrogen (secondary N) is 2. The third-order valence-electron chi connectivity index (χ3n) is 2.49. The molecule has 0 saturated carbocycles. The Balaban J connectivity index is 2.06. The number of hydrogen-bond acceptors (Lipinski definition) is 3. The lowest BCUT2D eigenvalue weighted by Gasteiger charge is -2.11. The summed E-state index contributed by atoms with van der Waals surface area (Å²) in [5.41, 5.74) is 1.16. The highest BCUT2D eigenvalue weighted by Gasteiger charge is 2.07. The number of benzene rings is 2. The summed E-state index contributed by atoms with van der Waals surface area (Å²) in [6.45, 7) is 0. The van der Waals surface area contributed by atoms with E-state index >= 15 is 0 Å². The maximum Gasteiger partial charge on any atom is 0.271 e. The van der Waals surface area contributed by atoms with E-state index in [1.165, 1.54) is 12.1 Å². The van der Waals surface area contributed by atoms with E-state index in [2.05, 4.69) is 10.6 Å². The number of anilines is 2. The summed E-state index contributed by atoms with van der Waals surface area (Å²) < 4.78 is 0. The predicted molar refractivity (Wildman–Crippen MR) is 89.4 cm³/mol. The number of non-ortho nitro benzene ring substituents is 1. The fourth-order valence-corrected chi connectivity index (χ4v) is 2.10. The molecule has 0 aliphatic heterocycles. The van der Waals surface area contributed by atoms with Crippen LogP contribution in [0.5, 0.6) is 0 Å². The minimum absolute atomic E-state index is 0.0164. The summed E-state index contributed by atoms with van der Waals surface area (Å²) in [5.74, 6) is 0. The van der Waals surface area contributed by atoms with Crippen molar-refractivity contribution >= 4 is 57.6 Å². The van der Waals surface area contributed by atoms with Crippen LogP contribution in [0, 0.1) is 10.1 Å². The maximum atomic E-state index is 10.7. The topological polar surface area (TPSA) is 67.2 Å². The zero-order chi connectivity index (χ0) is 15.4. The Morgan fingerprint density at radius 1 is 1.05 bits per heavy atom. The van der Waals surface area contributed by atoms with Crippen LogP contribution in [-0.4, -0.2) is 10.0 Å². The summed E-state index contributed by atoms with van der Waals surface area (Å²) >= 11 is 16.9. The average molecular weight is 342 g/mol. The summed E-state index contributed by atoms with van der Waals surface area (Å²) in [4.78, 5) is 10.2. The fraction of sp³-hybridized carbons (Fsp3) is 0. The van der Waals surface area contributed by atoms with Crippen LogP contribution in [0.3, 0.4) is 0 Å². The van der Waals surface area contributed by atoms with E-state index in [4.69, 9.17) is 35.4 Å². The van der Waals surface area contributed by atoms with E-state index in [1.54, 1.807) is 30.3 Å². The van der Waals surface area contributed by atoms with E-state index in [1.807, 2.05) is 0 Å². The van der Waals surface area contributed by atoms with Crippen molar-refractivity contribution in [2.24, 2.45) is 0 Å². The molecule has 108 valence electrons. The summed E-state index contributed by atoms with van der Waals surface area (Å²) in [7, 11) is 0. The standard InChI is InChI=1S/C13H9Cl2N3O2S/c14-11-5-4-9(7-12(11)15)17-13(21)16-8-2-1-3-10(6-8)18(19)20/h1-7H,(H2,16,17,21). The van der Waals surface area contributed by atoms with Crippen LogP contribution in [0.1, 0.15) is 0 Å². The lowest BCUT2D eigenvalue weighted by molar-refractivity contribution is -0.384. The number of thiocarbonyl (C=S) groups is 1. The van der Waals surface area contributed by atoms with Gasteiger partial charge in [-0.25, -0.2) is 0 Å². The van der Waals surface area contributed by atoms with Crippen molar-refractivity contribution in [3.63, 3.8) is 0 Å². The molecule has 0 heterocycles. The van der Waals surface area contributed by atoms with Gasteiger partial charge in [-0.3, -0.25) is 10.1 Å². The van der Waals surface area contributed by atoms with Crippen LogP contribution in [0.2, 0.25) is 10.0 Å². The highest BCUT2D eigenvalue weighted by molar-refractivity contribution is 7.80. The minimum Gasteiger partial charge on any atom is -0.332 e. The first-order chi connectivity index (χ1) is 9.95. The second kappa shape index (κ2) is 6.71. The third-order valence-corrected chi connectivity index (χ3v) is 3.44. The Bertz CT molecular complexity index is 710. The van der Waals surface area contributed by atoms with Gasteiger partial charge in [-0.05, 0) is 36.5 Å². The van der Waals surface area contributed by atoms with Gasteiger partial charge in [0.15, 0.2) is 5.11 Å². The number of nitro benzene ring substituents is 1. The lowest BCUT2D eigenvalue weighted by Crippen LogP contribution is -2.19. The molecular formula is C13H9Cl2N3O2S. The van der Waals surface area contributed by atoms with Crippen LogP contribution < -0.4 is 10.6 Å². The van der Waals surface area contributed by atoms with Gasteiger partial charge in [0.05, 0.1) is 15.0 Å². The van der Waals surface area contributed by atoms with E-state index in [-0.39, 0.29) is 10.8 Å².